The van der Waals surface area contributed by atoms with Crippen molar-refractivity contribution < 1.29 is 0 Å². The SMILES string of the molecule is c1ccc2cc(NNC3CCCCC3)ccc2c1. The molecule has 1 saturated carbocycles. The van der Waals surface area contributed by atoms with E-state index in [1.165, 1.54) is 42.9 Å². The van der Waals surface area contributed by atoms with Gasteiger partial charge in [-0.05, 0) is 35.7 Å². The third-order valence-corrected chi connectivity index (χ3v) is 3.78. The lowest BCUT2D eigenvalue weighted by Crippen LogP contribution is -2.35. The summed E-state index contributed by atoms with van der Waals surface area (Å²) in [6.07, 6.45) is 6.70. The Bertz CT molecular complexity index is 515. The topological polar surface area (TPSA) is 24.1 Å². The second-order valence-electron chi connectivity index (χ2n) is 5.17. The highest BCUT2D eigenvalue weighted by molar-refractivity contribution is 5.85. The van der Waals surface area contributed by atoms with E-state index in [2.05, 4.69) is 53.3 Å². The van der Waals surface area contributed by atoms with E-state index in [1.807, 2.05) is 0 Å². The Morgan fingerprint density at radius 3 is 2.44 bits per heavy atom. The second kappa shape index (κ2) is 5.40. The Morgan fingerprint density at radius 2 is 1.61 bits per heavy atom. The van der Waals surface area contributed by atoms with Gasteiger partial charge < -0.3 is 5.43 Å². The molecule has 0 unspecified atom stereocenters. The number of hydrazine groups is 1. The molecule has 0 radical (unpaired) electrons. The monoisotopic (exact) mass is 240 g/mol. The van der Waals surface area contributed by atoms with Crippen molar-refractivity contribution in [2.45, 2.75) is 38.1 Å². The van der Waals surface area contributed by atoms with Crippen LogP contribution in [0, 0.1) is 0 Å². The lowest BCUT2D eigenvalue weighted by molar-refractivity contribution is 0.393. The Morgan fingerprint density at radius 1 is 0.833 bits per heavy atom. The Kier molecular flexibility index (Phi) is 3.47. The van der Waals surface area contributed by atoms with Crippen molar-refractivity contribution in [2.75, 3.05) is 5.43 Å². The smallest absolute Gasteiger partial charge is 0.0494 e. The minimum absolute atomic E-state index is 0.630. The predicted molar refractivity (Wildman–Crippen MR) is 77.6 cm³/mol. The fourth-order valence-corrected chi connectivity index (χ4v) is 2.70. The molecule has 1 fully saturated rings. The summed E-state index contributed by atoms with van der Waals surface area (Å²) in [6.45, 7) is 0. The maximum atomic E-state index is 3.45. The van der Waals surface area contributed by atoms with Crippen molar-refractivity contribution in [3.05, 3.63) is 42.5 Å². The van der Waals surface area contributed by atoms with Crippen LogP contribution in [0.15, 0.2) is 42.5 Å². The molecule has 1 aliphatic rings. The van der Waals surface area contributed by atoms with Crippen LogP contribution in [0.3, 0.4) is 0 Å². The third kappa shape index (κ3) is 2.65. The van der Waals surface area contributed by atoms with Gasteiger partial charge >= 0.3 is 0 Å². The van der Waals surface area contributed by atoms with E-state index in [-0.39, 0.29) is 0 Å². The first-order valence-corrected chi connectivity index (χ1v) is 6.92. The van der Waals surface area contributed by atoms with E-state index in [0.29, 0.717) is 6.04 Å². The van der Waals surface area contributed by atoms with E-state index >= 15 is 0 Å². The van der Waals surface area contributed by atoms with Crippen LogP contribution in [-0.2, 0) is 0 Å². The van der Waals surface area contributed by atoms with Crippen molar-refractivity contribution in [3.63, 3.8) is 0 Å². The van der Waals surface area contributed by atoms with E-state index in [4.69, 9.17) is 0 Å². The van der Waals surface area contributed by atoms with Gasteiger partial charge in [-0.1, -0.05) is 49.6 Å². The van der Waals surface area contributed by atoms with Gasteiger partial charge in [0.1, 0.15) is 0 Å². The summed E-state index contributed by atoms with van der Waals surface area (Å²) in [5, 5.41) is 2.58. The molecule has 3 rings (SSSR count). The summed E-state index contributed by atoms with van der Waals surface area (Å²) < 4.78 is 0. The van der Waals surface area contributed by atoms with Crippen LogP contribution in [0.4, 0.5) is 5.69 Å². The van der Waals surface area contributed by atoms with Gasteiger partial charge in [-0.15, -0.1) is 0 Å². The highest BCUT2D eigenvalue weighted by atomic mass is 15.4. The van der Waals surface area contributed by atoms with Gasteiger partial charge in [0.05, 0.1) is 0 Å². The fraction of sp³-hybridized carbons (Fsp3) is 0.375. The summed E-state index contributed by atoms with van der Waals surface area (Å²) in [5.41, 5.74) is 7.96. The van der Waals surface area contributed by atoms with Gasteiger partial charge in [-0.3, -0.25) is 0 Å². The van der Waals surface area contributed by atoms with Gasteiger partial charge in [-0.2, -0.15) is 0 Å². The molecule has 0 saturated heterocycles. The molecule has 2 heteroatoms. The van der Waals surface area contributed by atoms with Gasteiger partial charge in [0.2, 0.25) is 0 Å². The number of rotatable bonds is 3. The highest BCUT2D eigenvalue weighted by Crippen LogP contribution is 2.20. The van der Waals surface area contributed by atoms with E-state index in [9.17, 15) is 0 Å². The average Bonchev–Trinajstić information content (AvgIpc) is 2.46. The maximum Gasteiger partial charge on any atom is 0.0494 e. The molecule has 2 aromatic carbocycles. The molecule has 0 aliphatic heterocycles. The van der Waals surface area contributed by atoms with Crippen LogP contribution in [0.2, 0.25) is 0 Å². The van der Waals surface area contributed by atoms with Crippen LogP contribution in [0.5, 0.6) is 0 Å². The predicted octanol–water partition coefficient (Wildman–Crippen LogP) is 4.09. The quantitative estimate of drug-likeness (QED) is 0.790. The molecule has 0 amide bonds. The first-order chi connectivity index (χ1) is 8.92. The van der Waals surface area contributed by atoms with Crippen molar-refractivity contribution in [3.8, 4) is 0 Å². The number of hydrogen-bond acceptors (Lipinski definition) is 2. The first-order valence-electron chi connectivity index (χ1n) is 6.92. The second-order valence-corrected chi connectivity index (χ2v) is 5.17. The van der Waals surface area contributed by atoms with Crippen molar-refractivity contribution in [2.24, 2.45) is 0 Å². The maximum absolute atomic E-state index is 3.45. The molecule has 2 aromatic rings. The zero-order valence-electron chi connectivity index (χ0n) is 10.7. The standard InChI is InChI=1S/C16H20N2/c1-2-8-15(9-3-1)17-18-16-11-10-13-6-4-5-7-14(13)12-16/h4-7,10-12,15,17-18H,1-3,8-9H2. The van der Waals surface area contributed by atoms with Gasteiger partial charge in [-0.25, -0.2) is 5.43 Å². The molecular formula is C16H20N2. The van der Waals surface area contributed by atoms with Crippen molar-refractivity contribution in [1.82, 2.24) is 5.43 Å². The van der Waals surface area contributed by atoms with Crippen molar-refractivity contribution >= 4 is 16.5 Å². The van der Waals surface area contributed by atoms with E-state index in [0.717, 1.165) is 5.69 Å². The zero-order chi connectivity index (χ0) is 12.2. The number of nitrogens with one attached hydrogen (secondary N) is 2. The average molecular weight is 240 g/mol. The third-order valence-electron chi connectivity index (χ3n) is 3.78. The summed E-state index contributed by atoms with van der Waals surface area (Å²) in [4.78, 5) is 0. The Hall–Kier alpha value is -1.54. The van der Waals surface area contributed by atoms with Crippen LogP contribution >= 0.6 is 0 Å². The van der Waals surface area contributed by atoms with E-state index < -0.39 is 0 Å². The molecule has 2 N–H and O–H groups in total. The summed E-state index contributed by atoms with van der Waals surface area (Å²) in [5.74, 6) is 0. The molecule has 2 nitrogen and oxygen atoms in total. The normalized spacial score (nSPS) is 16.9. The molecule has 1 aliphatic carbocycles. The van der Waals surface area contributed by atoms with Gasteiger partial charge in [0.15, 0.2) is 0 Å². The van der Waals surface area contributed by atoms with Crippen LogP contribution in [0.1, 0.15) is 32.1 Å². The first kappa shape index (κ1) is 11.5. The minimum atomic E-state index is 0.630. The van der Waals surface area contributed by atoms with Gasteiger partial charge in [0.25, 0.3) is 0 Å². The molecule has 0 heterocycles. The van der Waals surface area contributed by atoms with Crippen LogP contribution in [-0.4, -0.2) is 6.04 Å². The van der Waals surface area contributed by atoms with E-state index in [1.54, 1.807) is 0 Å². The number of hydrogen-bond donors (Lipinski definition) is 2. The highest BCUT2D eigenvalue weighted by Gasteiger charge is 2.12. The molecule has 94 valence electrons. The van der Waals surface area contributed by atoms with Crippen molar-refractivity contribution in [1.29, 1.82) is 0 Å². The Balaban J connectivity index is 1.66. The summed E-state index contributed by atoms with van der Waals surface area (Å²) >= 11 is 0. The molecule has 0 spiro atoms. The molecule has 18 heavy (non-hydrogen) atoms. The lowest BCUT2D eigenvalue weighted by atomic mass is 9.96. The van der Waals surface area contributed by atoms with Gasteiger partial charge in [0, 0.05) is 11.7 Å². The molecule has 0 aromatic heterocycles. The molecule has 0 bridgehead atoms. The zero-order valence-corrected chi connectivity index (χ0v) is 10.7. The molecular weight excluding hydrogens is 220 g/mol. The van der Waals surface area contributed by atoms with Crippen LogP contribution < -0.4 is 10.9 Å². The number of fused-ring (bicyclic) bond motifs is 1. The number of anilines is 1. The summed E-state index contributed by atoms with van der Waals surface area (Å²) in [7, 11) is 0. The summed E-state index contributed by atoms with van der Waals surface area (Å²) in [6, 6.07) is 15.6. The van der Waals surface area contributed by atoms with Crippen LogP contribution in [0.25, 0.3) is 10.8 Å². The number of benzene rings is 2. The largest absolute Gasteiger partial charge is 0.321 e. The minimum Gasteiger partial charge on any atom is -0.321 e. The Labute approximate surface area is 108 Å². The molecule has 0 atom stereocenters. The lowest BCUT2D eigenvalue weighted by Gasteiger charge is -2.23. The fourth-order valence-electron chi connectivity index (χ4n) is 2.70.